The van der Waals surface area contributed by atoms with Crippen molar-refractivity contribution in [3.63, 3.8) is 0 Å². The van der Waals surface area contributed by atoms with E-state index in [9.17, 15) is 4.39 Å². The number of methoxy groups -OCH3 is 1. The highest BCUT2D eigenvalue weighted by Gasteiger charge is 2.40. The number of hydrogen-bond acceptors (Lipinski definition) is 3. The molecule has 0 amide bonds. The molecular weight excluding hydrogens is 377 g/mol. The normalized spacial score (nSPS) is 12.6. The molecule has 4 nitrogen and oxygen atoms in total. The van der Waals surface area contributed by atoms with Crippen molar-refractivity contribution in [3.8, 4) is 0 Å². The summed E-state index contributed by atoms with van der Waals surface area (Å²) >= 11 is 0. The van der Waals surface area contributed by atoms with Crippen LogP contribution in [0.3, 0.4) is 0 Å². The van der Waals surface area contributed by atoms with Crippen molar-refractivity contribution in [3.05, 3.63) is 120 Å². The molecule has 1 unspecified atom stereocenters. The molecule has 0 fully saturated rings. The molecule has 1 atom stereocenters. The highest BCUT2D eigenvalue weighted by Crippen LogP contribution is 2.40. The summed E-state index contributed by atoms with van der Waals surface area (Å²) in [5.74, 6) is 0.474. The zero-order chi connectivity index (χ0) is 20.8. The molecule has 0 aliphatic carbocycles. The number of benzene rings is 3. The van der Waals surface area contributed by atoms with Gasteiger partial charge < -0.3 is 4.74 Å². The monoisotopic (exact) mass is 401 g/mol. The molecule has 1 heterocycles. The Bertz CT molecular complexity index is 955. The van der Waals surface area contributed by atoms with E-state index >= 15 is 0 Å². The van der Waals surface area contributed by atoms with Gasteiger partial charge in [0.25, 0.3) is 0 Å². The van der Waals surface area contributed by atoms with E-state index in [4.69, 9.17) is 9.84 Å². The smallest absolute Gasteiger partial charge is 0.179 e. The third-order valence-electron chi connectivity index (χ3n) is 5.37. The topological polar surface area (TPSA) is 39.9 Å². The summed E-state index contributed by atoms with van der Waals surface area (Å²) in [6.07, 6.45) is 1.44. The Balaban J connectivity index is 2.00. The van der Waals surface area contributed by atoms with Gasteiger partial charge in [-0.05, 0) is 16.7 Å². The Morgan fingerprint density at radius 2 is 1.30 bits per heavy atom. The fraction of sp³-hybridized carbons (Fsp3) is 0.200. The maximum atomic E-state index is 13.0. The predicted octanol–water partition coefficient (Wildman–Crippen LogP) is 5.17. The van der Waals surface area contributed by atoms with Crippen LogP contribution in [0.25, 0.3) is 0 Å². The first kappa shape index (κ1) is 20.0. The van der Waals surface area contributed by atoms with E-state index in [0.29, 0.717) is 5.82 Å². The quantitative estimate of drug-likeness (QED) is 0.383. The average Bonchev–Trinajstić information content (AvgIpc) is 3.30. The zero-order valence-corrected chi connectivity index (χ0v) is 16.9. The molecule has 0 bridgehead atoms. The lowest BCUT2D eigenvalue weighted by Gasteiger charge is -2.35. The molecule has 0 N–H and O–H groups in total. The van der Waals surface area contributed by atoms with Crippen molar-refractivity contribution < 1.29 is 9.13 Å². The maximum absolute atomic E-state index is 13.0. The van der Waals surface area contributed by atoms with E-state index < -0.39 is 18.3 Å². The van der Waals surface area contributed by atoms with Crippen molar-refractivity contribution in [1.29, 1.82) is 0 Å². The van der Waals surface area contributed by atoms with Crippen LogP contribution < -0.4 is 0 Å². The van der Waals surface area contributed by atoms with Crippen LogP contribution in [-0.2, 0) is 10.3 Å². The first-order valence-corrected chi connectivity index (χ1v) is 9.98. The highest BCUT2D eigenvalue weighted by atomic mass is 19.1. The molecule has 30 heavy (non-hydrogen) atoms. The van der Waals surface area contributed by atoms with Gasteiger partial charge in [0.15, 0.2) is 5.82 Å². The number of hydrogen-bond donors (Lipinski definition) is 0. The molecule has 0 aliphatic rings. The van der Waals surface area contributed by atoms with E-state index in [0.717, 1.165) is 16.7 Å². The third-order valence-corrected chi connectivity index (χ3v) is 5.37. The largest absolute Gasteiger partial charge is 0.373 e. The van der Waals surface area contributed by atoms with Gasteiger partial charge in [0.2, 0.25) is 0 Å². The van der Waals surface area contributed by atoms with Crippen molar-refractivity contribution >= 4 is 0 Å². The second-order valence-electron chi connectivity index (χ2n) is 7.06. The lowest BCUT2D eigenvalue weighted by Crippen LogP contribution is -2.38. The standard InChI is InChI=1S/C25H24FN3O/c1-30-23(17-18-26)24-27-19-29(28-24)25(20-11-5-2-6-12-20,21-13-7-3-8-14-21)22-15-9-4-10-16-22/h2-16,19,23H,17-18H2,1H3. The van der Waals surface area contributed by atoms with Crippen LogP contribution in [0, 0.1) is 0 Å². The first-order chi connectivity index (χ1) is 14.8. The van der Waals surface area contributed by atoms with Crippen LogP contribution in [0.5, 0.6) is 0 Å². The van der Waals surface area contributed by atoms with E-state index in [1.165, 1.54) is 0 Å². The van der Waals surface area contributed by atoms with Gasteiger partial charge >= 0.3 is 0 Å². The predicted molar refractivity (Wildman–Crippen MR) is 115 cm³/mol. The molecule has 0 saturated heterocycles. The zero-order valence-electron chi connectivity index (χ0n) is 16.9. The minimum atomic E-state index is -0.733. The lowest BCUT2D eigenvalue weighted by molar-refractivity contribution is 0.0814. The molecule has 5 heteroatoms. The Kier molecular flexibility index (Phi) is 6.00. The van der Waals surface area contributed by atoms with Crippen LogP contribution in [0.2, 0.25) is 0 Å². The molecule has 0 saturated carbocycles. The van der Waals surface area contributed by atoms with Crippen molar-refractivity contribution in [2.45, 2.75) is 18.1 Å². The Labute approximate surface area is 176 Å². The van der Waals surface area contributed by atoms with Gasteiger partial charge in [0.05, 0.1) is 6.67 Å². The van der Waals surface area contributed by atoms with Gasteiger partial charge in [0, 0.05) is 13.5 Å². The molecule has 1 aromatic heterocycles. The number of alkyl halides is 1. The Hall–Kier alpha value is -3.31. The third kappa shape index (κ3) is 3.53. The van der Waals surface area contributed by atoms with Crippen molar-refractivity contribution in [2.75, 3.05) is 13.8 Å². The highest BCUT2D eigenvalue weighted by molar-refractivity contribution is 5.50. The van der Waals surface area contributed by atoms with Gasteiger partial charge in [0.1, 0.15) is 18.0 Å². The minimum Gasteiger partial charge on any atom is -0.373 e. The van der Waals surface area contributed by atoms with Gasteiger partial charge in [-0.1, -0.05) is 91.0 Å². The molecule has 3 aromatic carbocycles. The van der Waals surface area contributed by atoms with Crippen LogP contribution >= 0.6 is 0 Å². The fourth-order valence-electron chi connectivity index (χ4n) is 3.97. The van der Waals surface area contributed by atoms with Crippen molar-refractivity contribution in [1.82, 2.24) is 14.8 Å². The average molecular weight is 401 g/mol. The summed E-state index contributed by atoms with van der Waals surface area (Å²) in [6, 6.07) is 30.7. The maximum Gasteiger partial charge on any atom is 0.179 e. The summed E-state index contributed by atoms with van der Waals surface area (Å²) in [6.45, 7) is -0.492. The molecule has 4 rings (SSSR count). The summed E-state index contributed by atoms with van der Waals surface area (Å²) in [4.78, 5) is 4.51. The van der Waals surface area contributed by atoms with Gasteiger partial charge in [-0.3, -0.25) is 4.39 Å². The number of nitrogens with zero attached hydrogens (tertiary/aromatic N) is 3. The van der Waals surface area contributed by atoms with Crippen LogP contribution in [0.1, 0.15) is 35.0 Å². The molecule has 0 aliphatic heterocycles. The second kappa shape index (κ2) is 9.01. The lowest BCUT2D eigenvalue weighted by atomic mass is 9.77. The summed E-state index contributed by atoms with van der Waals surface area (Å²) in [5, 5.41) is 4.82. The first-order valence-electron chi connectivity index (χ1n) is 9.98. The van der Waals surface area contributed by atoms with E-state index in [-0.39, 0.29) is 6.42 Å². The number of rotatable bonds is 8. The SMILES string of the molecule is COC(CCF)c1ncn(C(c2ccccc2)(c2ccccc2)c2ccccc2)n1. The van der Waals surface area contributed by atoms with Crippen LogP contribution in [0.4, 0.5) is 4.39 Å². The second-order valence-corrected chi connectivity index (χ2v) is 7.06. The Morgan fingerprint density at radius 1 is 0.833 bits per heavy atom. The minimum absolute atomic E-state index is 0.218. The number of halogens is 1. The summed E-state index contributed by atoms with van der Waals surface area (Å²) in [5.41, 5.74) is 2.43. The summed E-state index contributed by atoms with van der Waals surface area (Å²) in [7, 11) is 1.56. The van der Waals surface area contributed by atoms with Crippen LogP contribution in [0.15, 0.2) is 97.3 Å². The summed E-state index contributed by atoms with van der Waals surface area (Å²) < 4.78 is 20.3. The number of aromatic nitrogens is 3. The Morgan fingerprint density at radius 3 is 1.70 bits per heavy atom. The number of ether oxygens (including phenoxy) is 1. The van der Waals surface area contributed by atoms with Gasteiger partial charge in [-0.25, -0.2) is 9.67 Å². The van der Waals surface area contributed by atoms with Gasteiger partial charge in [-0.15, -0.1) is 0 Å². The fourth-order valence-corrected chi connectivity index (χ4v) is 3.97. The molecular formula is C25H24FN3O. The van der Waals surface area contributed by atoms with Crippen molar-refractivity contribution in [2.24, 2.45) is 0 Å². The molecule has 0 radical (unpaired) electrons. The van der Waals surface area contributed by atoms with Crippen LogP contribution in [-0.4, -0.2) is 28.5 Å². The molecule has 0 spiro atoms. The van der Waals surface area contributed by atoms with E-state index in [1.807, 2.05) is 59.3 Å². The van der Waals surface area contributed by atoms with E-state index in [1.54, 1.807) is 13.4 Å². The van der Waals surface area contributed by atoms with Gasteiger partial charge in [-0.2, -0.15) is 5.10 Å². The van der Waals surface area contributed by atoms with E-state index in [2.05, 4.69) is 41.4 Å². The molecule has 4 aromatic rings. The molecule has 152 valence electrons.